The first kappa shape index (κ1) is 12.6. The van der Waals surface area contributed by atoms with Gasteiger partial charge in [0.1, 0.15) is 12.4 Å². The van der Waals surface area contributed by atoms with Gasteiger partial charge in [-0.2, -0.15) is 0 Å². The fourth-order valence-corrected chi connectivity index (χ4v) is 2.15. The molecule has 0 fully saturated rings. The van der Waals surface area contributed by atoms with Crippen molar-refractivity contribution in [3.05, 3.63) is 60.2 Å². The Kier molecular flexibility index (Phi) is 3.67. The van der Waals surface area contributed by atoms with E-state index in [1.54, 1.807) is 24.3 Å². The van der Waals surface area contributed by atoms with E-state index in [0.29, 0.717) is 17.3 Å². The lowest BCUT2D eigenvalue weighted by Crippen LogP contribution is -1.98. The maximum Gasteiger partial charge on any atom is 0.175 e. The largest absolute Gasteiger partial charge is 0.489 e. The molecule has 2 aromatic rings. The molecule has 0 atom stereocenters. The van der Waals surface area contributed by atoms with Crippen LogP contribution in [0.25, 0.3) is 0 Å². The highest BCUT2D eigenvalue weighted by atomic mass is 32.2. The Morgan fingerprint density at radius 2 is 1.56 bits per heavy atom. The SMILES string of the molecule is CS(=O)(=O)c1ccc(OCc2ccccc2)cc1. The quantitative estimate of drug-likeness (QED) is 0.850. The van der Waals surface area contributed by atoms with E-state index in [0.717, 1.165) is 5.56 Å². The normalized spacial score (nSPS) is 11.2. The van der Waals surface area contributed by atoms with E-state index in [1.165, 1.54) is 6.26 Å². The van der Waals surface area contributed by atoms with Gasteiger partial charge in [-0.15, -0.1) is 0 Å². The van der Waals surface area contributed by atoms with Crippen LogP contribution in [0.1, 0.15) is 5.56 Å². The highest BCUT2D eigenvalue weighted by Crippen LogP contribution is 2.17. The lowest BCUT2D eigenvalue weighted by atomic mass is 10.2. The first-order valence-electron chi connectivity index (χ1n) is 5.52. The van der Waals surface area contributed by atoms with Crippen LogP contribution in [0.15, 0.2) is 59.5 Å². The third kappa shape index (κ3) is 3.34. The van der Waals surface area contributed by atoms with E-state index in [2.05, 4.69) is 0 Å². The van der Waals surface area contributed by atoms with Gasteiger partial charge in [0.2, 0.25) is 0 Å². The van der Waals surface area contributed by atoms with Crippen molar-refractivity contribution in [2.75, 3.05) is 6.26 Å². The summed E-state index contributed by atoms with van der Waals surface area (Å²) in [5.74, 6) is 0.659. The van der Waals surface area contributed by atoms with Crippen LogP contribution in [-0.4, -0.2) is 14.7 Å². The Morgan fingerprint density at radius 3 is 2.11 bits per heavy atom. The van der Waals surface area contributed by atoms with E-state index in [1.807, 2.05) is 30.3 Å². The third-order valence-corrected chi connectivity index (χ3v) is 3.63. The maximum absolute atomic E-state index is 11.3. The van der Waals surface area contributed by atoms with Crippen LogP contribution < -0.4 is 4.74 Å². The standard InChI is InChI=1S/C14H14O3S/c1-18(15,16)14-9-7-13(8-10-14)17-11-12-5-3-2-4-6-12/h2-10H,11H2,1H3. The summed E-state index contributed by atoms with van der Waals surface area (Å²) in [6, 6.07) is 16.2. The van der Waals surface area contributed by atoms with Gasteiger partial charge in [0.05, 0.1) is 4.90 Å². The van der Waals surface area contributed by atoms with Crippen molar-refractivity contribution in [2.24, 2.45) is 0 Å². The molecular formula is C14H14O3S. The molecule has 2 rings (SSSR count). The van der Waals surface area contributed by atoms with Gasteiger partial charge in [-0.05, 0) is 29.8 Å². The molecule has 0 heterocycles. The average molecular weight is 262 g/mol. The van der Waals surface area contributed by atoms with Crippen molar-refractivity contribution >= 4 is 9.84 Å². The Hall–Kier alpha value is -1.81. The minimum Gasteiger partial charge on any atom is -0.489 e. The number of benzene rings is 2. The Balaban J connectivity index is 2.03. The van der Waals surface area contributed by atoms with Gasteiger partial charge in [-0.3, -0.25) is 0 Å². The number of ether oxygens (including phenoxy) is 1. The number of rotatable bonds is 4. The molecule has 0 aromatic heterocycles. The maximum atomic E-state index is 11.3. The van der Waals surface area contributed by atoms with Gasteiger partial charge >= 0.3 is 0 Å². The molecule has 0 aliphatic heterocycles. The van der Waals surface area contributed by atoms with Crippen molar-refractivity contribution in [3.63, 3.8) is 0 Å². The zero-order valence-corrected chi connectivity index (χ0v) is 10.9. The molecule has 94 valence electrons. The summed E-state index contributed by atoms with van der Waals surface area (Å²) < 4.78 is 28.1. The molecule has 0 aliphatic rings. The molecule has 0 bridgehead atoms. The monoisotopic (exact) mass is 262 g/mol. The van der Waals surface area contributed by atoms with Crippen LogP contribution in [-0.2, 0) is 16.4 Å². The average Bonchev–Trinajstić information content (AvgIpc) is 2.37. The zero-order chi connectivity index (χ0) is 13.0. The van der Waals surface area contributed by atoms with Gasteiger partial charge in [0, 0.05) is 6.26 Å². The molecule has 0 unspecified atom stereocenters. The van der Waals surface area contributed by atoms with Crippen LogP contribution in [0.4, 0.5) is 0 Å². The molecule has 0 aliphatic carbocycles. The van der Waals surface area contributed by atoms with Crippen LogP contribution >= 0.6 is 0 Å². The molecule has 0 radical (unpaired) electrons. The highest BCUT2D eigenvalue weighted by molar-refractivity contribution is 7.90. The van der Waals surface area contributed by atoms with Crippen LogP contribution in [0.5, 0.6) is 5.75 Å². The van der Waals surface area contributed by atoms with Crippen molar-refractivity contribution in [1.82, 2.24) is 0 Å². The fourth-order valence-electron chi connectivity index (χ4n) is 1.52. The zero-order valence-electron chi connectivity index (χ0n) is 10.0. The molecule has 0 N–H and O–H groups in total. The summed E-state index contributed by atoms with van der Waals surface area (Å²) in [6.07, 6.45) is 1.19. The van der Waals surface area contributed by atoms with Crippen molar-refractivity contribution in [2.45, 2.75) is 11.5 Å². The summed E-state index contributed by atoms with van der Waals surface area (Å²) >= 11 is 0. The van der Waals surface area contributed by atoms with Gasteiger partial charge in [0.15, 0.2) is 9.84 Å². The van der Waals surface area contributed by atoms with Gasteiger partial charge in [0.25, 0.3) is 0 Å². The van der Waals surface area contributed by atoms with Crippen LogP contribution in [0.2, 0.25) is 0 Å². The second-order valence-electron chi connectivity index (χ2n) is 4.02. The molecule has 0 saturated heterocycles. The molecule has 0 saturated carbocycles. The van der Waals surface area contributed by atoms with Crippen LogP contribution in [0.3, 0.4) is 0 Å². The minimum absolute atomic E-state index is 0.301. The first-order valence-corrected chi connectivity index (χ1v) is 7.42. The fraction of sp³-hybridized carbons (Fsp3) is 0.143. The molecule has 2 aromatic carbocycles. The smallest absolute Gasteiger partial charge is 0.175 e. The Labute approximate surface area is 107 Å². The topological polar surface area (TPSA) is 43.4 Å². The molecule has 3 nitrogen and oxygen atoms in total. The van der Waals surface area contributed by atoms with E-state index in [4.69, 9.17) is 4.74 Å². The first-order chi connectivity index (χ1) is 8.55. The van der Waals surface area contributed by atoms with Gasteiger partial charge in [-0.1, -0.05) is 30.3 Å². The van der Waals surface area contributed by atoms with Crippen molar-refractivity contribution < 1.29 is 13.2 Å². The predicted molar refractivity (Wildman–Crippen MR) is 70.3 cm³/mol. The molecule has 0 spiro atoms. The number of hydrogen-bond acceptors (Lipinski definition) is 3. The summed E-state index contributed by atoms with van der Waals surface area (Å²) in [5.41, 5.74) is 1.07. The highest BCUT2D eigenvalue weighted by Gasteiger charge is 2.06. The summed E-state index contributed by atoms with van der Waals surface area (Å²) in [5, 5.41) is 0. The second-order valence-corrected chi connectivity index (χ2v) is 6.03. The van der Waals surface area contributed by atoms with Crippen molar-refractivity contribution in [1.29, 1.82) is 0 Å². The number of sulfone groups is 1. The predicted octanol–water partition coefficient (Wildman–Crippen LogP) is 2.67. The Bertz CT molecular complexity index is 601. The van der Waals surface area contributed by atoms with Gasteiger partial charge < -0.3 is 4.74 Å². The summed E-state index contributed by atoms with van der Waals surface area (Å²) in [4.78, 5) is 0.301. The molecule has 4 heteroatoms. The van der Waals surface area contributed by atoms with Crippen molar-refractivity contribution in [3.8, 4) is 5.75 Å². The van der Waals surface area contributed by atoms with E-state index >= 15 is 0 Å². The lowest BCUT2D eigenvalue weighted by Gasteiger charge is -2.06. The van der Waals surface area contributed by atoms with Crippen LogP contribution in [0, 0.1) is 0 Å². The van der Waals surface area contributed by atoms with E-state index < -0.39 is 9.84 Å². The second kappa shape index (κ2) is 5.23. The summed E-state index contributed by atoms with van der Waals surface area (Å²) in [6.45, 7) is 0.471. The minimum atomic E-state index is -3.14. The third-order valence-electron chi connectivity index (χ3n) is 2.50. The van der Waals surface area contributed by atoms with E-state index in [9.17, 15) is 8.42 Å². The Morgan fingerprint density at radius 1 is 0.944 bits per heavy atom. The number of hydrogen-bond donors (Lipinski definition) is 0. The van der Waals surface area contributed by atoms with E-state index in [-0.39, 0.29) is 0 Å². The lowest BCUT2D eigenvalue weighted by molar-refractivity contribution is 0.306. The molecule has 18 heavy (non-hydrogen) atoms. The molecular weight excluding hydrogens is 248 g/mol. The molecule has 0 amide bonds. The van der Waals surface area contributed by atoms with Gasteiger partial charge in [-0.25, -0.2) is 8.42 Å². The summed E-state index contributed by atoms with van der Waals surface area (Å²) in [7, 11) is -3.14.